The van der Waals surface area contributed by atoms with E-state index in [0.29, 0.717) is 6.04 Å². The van der Waals surface area contributed by atoms with Gasteiger partial charge in [-0.05, 0) is 25.7 Å². The van der Waals surface area contributed by atoms with Crippen LogP contribution in [0.1, 0.15) is 30.3 Å². The molecule has 0 radical (unpaired) electrons. The molecule has 0 atom stereocenters. The van der Waals surface area contributed by atoms with E-state index in [0.717, 1.165) is 13.1 Å². The standard InChI is InChI=1S/C10H15N3.2ClH/c1-2-4-10-9(3-1)12-7-13(10)8-5-11-6-8;;/h7-8,11H,1-6H2;2*1H. The third kappa shape index (κ3) is 2.14. The molecule has 1 aromatic rings. The lowest BCUT2D eigenvalue weighted by molar-refractivity contribution is 0.334. The summed E-state index contributed by atoms with van der Waals surface area (Å²) in [6.45, 7) is 2.26. The van der Waals surface area contributed by atoms with Crippen molar-refractivity contribution in [2.45, 2.75) is 31.7 Å². The molecule has 1 N–H and O–H groups in total. The minimum Gasteiger partial charge on any atom is -0.329 e. The number of nitrogens with zero attached hydrogens (tertiary/aromatic N) is 2. The number of hydrogen-bond acceptors (Lipinski definition) is 2. The van der Waals surface area contributed by atoms with Gasteiger partial charge >= 0.3 is 0 Å². The molecular formula is C10H17Cl2N3. The van der Waals surface area contributed by atoms with Crippen LogP contribution in [-0.4, -0.2) is 22.6 Å². The fourth-order valence-corrected chi connectivity index (χ4v) is 2.28. The molecule has 15 heavy (non-hydrogen) atoms. The van der Waals surface area contributed by atoms with Gasteiger partial charge in [-0.1, -0.05) is 0 Å². The van der Waals surface area contributed by atoms with Gasteiger partial charge in [-0.2, -0.15) is 0 Å². The van der Waals surface area contributed by atoms with Crippen LogP contribution in [0.5, 0.6) is 0 Å². The Morgan fingerprint density at radius 2 is 1.93 bits per heavy atom. The first-order chi connectivity index (χ1) is 6.45. The average molecular weight is 250 g/mol. The molecule has 1 aromatic heterocycles. The Kier molecular flexibility index (Phi) is 4.44. The summed E-state index contributed by atoms with van der Waals surface area (Å²) in [6.07, 6.45) is 7.15. The summed E-state index contributed by atoms with van der Waals surface area (Å²) >= 11 is 0. The lowest BCUT2D eigenvalue weighted by Crippen LogP contribution is -2.43. The first-order valence-corrected chi connectivity index (χ1v) is 5.20. The van der Waals surface area contributed by atoms with E-state index in [1.54, 1.807) is 0 Å². The molecule has 0 aromatic carbocycles. The highest BCUT2D eigenvalue weighted by Crippen LogP contribution is 2.24. The van der Waals surface area contributed by atoms with Gasteiger partial charge in [0.05, 0.1) is 18.1 Å². The third-order valence-electron chi connectivity index (χ3n) is 3.21. The van der Waals surface area contributed by atoms with E-state index >= 15 is 0 Å². The fourth-order valence-electron chi connectivity index (χ4n) is 2.28. The predicted molar refractivity (Wildman–Crippen MR) is 65.3 cm³/mol. The van der Waals surface area contributed by atoms with Gasteiger partial charge in [0.1, 0.15) is 0 Å². The summed E-state index contributed by atoms with van der Waals surface area (Å²) in [4.78, 5) is 4.49. The highest BCUT2D eigenvalue weighted by Gasteiger charge is 2.24. The molecule has 1 saturated heterocycles. The van der Waals surface area contributed by atoms with Crippen LogP contribution in [0.4, 0.5) is 0 Å². The third-order valence-corrected chi connectivity index (χ3v) is 3.21. The molecule has 1 aliphatic heterocycles. The molecular weight excluding hydrogens is 233 g/mol. The number of hydrogen-bond donors (Lipinski definition) is 1. The Labute approximate surface area is 102 Å². The maximum absolute atomic E-state index is 4.49. The van der Waals surface area contributed by atoms with Crippen molar-refractivity contribution >= 4 is 24.8 Å². The van der Waals surface area contributed by atoms with Crippen LogP contribution in [0.15, 0.2) is 6.33 Å². The Bertz CT molecular complexity index is 320. The van der Waals surface area contributed by atoms with Crippen LogP contribution in [0.3, 0.4) is 0 Å². The first kappa shape index (κ1) is 12.8. The Morgan fingerprint density at radius 3 is 2.60 bits per heavy atom. The van der Waals surface area contributed by atoms with Crippen molar-refractivity contribution in [1.82, 2.24) is 14.9 Å². The highest BCUT2D eigenvalue weighted by atomic mass is 35.5. The lowest BCUT2D eigenvalue weighted by atomic mass is 10.0. The summed E-state index contributed by atoms with van der Waals surface area (Å²) < 4.78 is 2.39. The van der Waals surface area contributed by atoms with Crippen LogP contribution in [-0.2, 0) is 12.8 Å². The van der Waals surface area contributed by atoms with Crippen LogP contribution >= 0.6 is 24.8 Å². The molecule has 5 heteroatoms. The number of nitrogens with one attached hydrogen (secondary N) is 1. The summed E-state index contributed by atoms with van der Waals surface area (Å²) in [7, 11) is 0. The average Bonchev–Trinajstić information content (AvgIpc) is 2.47. The summed E-state index contributed by atoms with van der Waals surface area (Å²) in [5.74, 6) is 0. The normalized spacial score (nSPS) is 19.5. The van der Waals surface area contributed by atoms with E-state index in [2.05, 4.69) is 14.9 Å². The van der Waals surface area contributed by atoms with E-state index in [1.165, 1.54) is 37.1 Å². The Morgan fingerprint density at radius 1 is 1.20 bits per heavy atom. The summed E-state index contributed by atoms with van der Waals surface area (Å²) in [5, 5.41) is 3.31. The van der Waals surface area contributed by atoms with Crippen molar-refractivity contribution < 1.29 is 0 Å². The van der Waals surface area contributed by atoms with Crippen molar-refractivity contribution in [2.75, 3.05) is 13.1 Å². The quantitative estimate of drug-likeness (QED) is 0.822. The molecule has 3 nitrogen and oxygen atoms in total. The van der Waals surface area contributed by atoms with Gasteiger partial charge in [0.25, 0.3) is 0 Å². The monoisotopic (exact) mass is 249 g/mol. The molecule has 0 amide bonds. The van der Waals surface area contributed by atoms with E-state index in [-0.39, 0.29) is 24.8 Å². The van der Waals surface area contributed by atoms with Crippen molar-refractivity contribution in [2.24, 2.45) is 0 Å². The zero-order valence-corrected chi connectivity index (χ0v) is 10.2. The smallest absolute Gasteiger partial charge is 0.0955 e. The molecule has 2 heterocycles. The van der Waals surface area contributed by atoms with E-state index in [9.17, 15) is 0 Å². The van der Waals surface area contributed by atoms with Crippen LogP contribution in [0.25, 0.3) is 0 Å². The molecule has 86 valence electrons. The Balaban J connectivity index is 0.000000562. The summed E-state index contributed by atoms with van der Waals surface area (Å²) in [6, 6.07) is 0.689. The molecule has 0 bridgehead atoms. The minimum atomic E-state index is 0. The number of rotatable bonds is 1. The largest absolute Gasteiger partial charge is 0.329 e. The van der Waals surface area contributed by atoms with Crippen molar-refractivity contribution in [3.8, 4) is 0 Å². The number of fused-ring (bicyclic) bond motifs is 1. The van der Waals surface area contributed by atoms with E-state index in [1.807, 2.05) is 6.33 Å². The molecule has 1 fully saturated rings. The number of imidazole rings is 1. The number of aryl methyl sites for hydroxylation is 1. The maximum Gasteiger partial charge on any atom is 0.0955 e. The predicted octanol–water partition coefficient (Wildman–Crippen LogP) is 1.75. The molecule has 2 aliphatic rings. The molecule has 3 rings (SSSR count). The van der Waals surface area contributed by atoms with Crippen molar-refractivity contribution in [3.63, 3.8) is 0 Å². The topological polar surface area (TPSA) is 29.9 Å². The Hall–Kier alpha value is -0.250. The highest BCUT2D eigenvalue weighted by molar-refractivity contribution is 5.85. The van der Waals surface area contributed by atoms with Crippen molar-refractivity contribution in [1.29, 1.82) is 0 Å². The van der Waals surface area contributed by atoms with Crippen LogP contribution < -0.4 is 5.32 Å². The molecule has 0 spiro atoms. The molecule has 0 unspecified atom stereocenters. The van der Waals surface area contributed by atoms with Gasteiger partial charge in [0.15, 0.2) is 0 Å². The maximum atomic E-state index is 4.49. The van der Waals surface area contributed by atoms with Gasteiger partial charge < -0.3 is 9.88 Å². The number of halogens is 2. The second-order valence-electron chi connectivity index (χ2n) is 4.06. The SMILES string of the molecule is Cl.Cl.c1nc2c(n1C1CNC1)CCCC2. The zero-order valence-electron chi connectivity index (χ0n) is 8.61. The second-order valence-corrected chi connectivity index (χ2v) is 4.06. The molecule has 1 aliphatic carbocycles. The summed E-state index contributed by atoms with van der Waals surface area (Å²) in [5.41, 5.74) is 2.87. The fraction of sp³-hybridized carbons (Fsp3) is 0.700. The first-order valence-electron chi connectivity index (χ1n) is 5.20. The number of aromatic nitrogens is 2. The van der Waals surface area contributed by atoms with Gasteiger partial charge in [-0.25, -0.2) is 4.98 Å². The van der Waals surface area contributed by atoms with Gasteiger partial charge in [0, 0.05) is 18.8 Å². The van der Waals surface area contributed by atoms with Crippen LogP contribution in [0, 0.1) is 0 Å². The van der Waals surface area contributed by atoms with Gasteiger partial charge in [0.2, 0.25) is 0 Å². The minimum absolute atomic E-state index is 0. The van der Waals surface area contributed by atoms with E-state index in [4.69, 9.17) is 0 Å². The van der Waals surface area contributed by atoms with Crippen LogP contribution in [0.2, 0.25) is 0 Å². The van der Waals surface area contributed by atoms with E-state index < -0.39 is 0 Å². The van der Waals surface area contributed by atoms with Gasteiger partial charge in [-0.15, -0.1) is 24.8 Å². The zero-order chi connectivity index (χ0) is 8.67. The second kappa shape index (κ2) is 5.19. The van der Waals surface area contributed by atoms with Crippen molar-refractivity contribution in [3.05, 3.63) is 17.7 Å². The molecule has 0 saturated carbocycles. The lowest BCUT2D eigenvalue weighted by Gasteiger charge is -2.30. The van der Waals surface area contributed by atoms with Gasteiger partial charge in [-0.3, -0.25) is 0 Å².